The van der Waals surface area contributed by atoms with E-state index in [1.807, 2.05) is 6.92 Å². The summed E-state index contributed by atoms with van der Waals surface area (Å²) in [6.45, 7) is 5.41. The highest BCUT2D eigenvalue weighted by Crippen LogP contribution is 2.34. The molecule has 0 aliphatic carbocycles. The van der Waals surface area contributed by atoms with Crippen LogP contribution in [-0.4, -0.2) is 25.8 Å². The molecule has 0 aromatic carbocycles. The lowest BCUT2D eigenvalue weighted by Gasteiger charge is -2.02. The molecule has 1 N–H and O–H groups in total. The summed E-state index contributed by atoms with van der Waals surface area (Å²) in [5.74, 6) is -0.321. The maximum Gasteiger partial charge on any atom is 0.338 e. The van der Waals surface area contributed by atoms with Gasteiger partial charge in [-0.05, 0) is 38.5 Å². The standard InChI is InChI=1S/C14H13N3O3/c1-7-11(14(18)19)10-5-4-6-15-17(10)13(7)12-8(2)16-20-9(12)3/h4-6H,1-3H3,(H,18,19). The van der Waals surface area contributed by atoms with E-state index in [2.05, 4.69) is 10.3 Å². The first-order valence-electron chi connectivity index (χ1n) is 6.15. The molecule has 6 heteroatoms. The van der Waals surface area contributed by atoms with E-state index in [0.717, 1.165) is 5.56 Å². The third kappa shape index (κ3) is 1.54. The Bertz CT molecular complexity index is 810. The van der Waals surface area contributed by atoms with Crippen molar-refractivity contribution in [3.8, 4) is 11.3 Å². The van der Waals surface area contributed by atoms with Crippen LogP contribution in [0.3, 0.4) is 0 Å². The predicted molar refractivity (Wildman–Crippen MR) is 71.9 cm³/mol. The Morgan fingerprint density at radius 1 is 1.35 bits per heavy atom. The Morgan fingerprint density at radius 2 is 2.10 bits per heavy atom. The third-order valence-corrected chi connectivity index (χ3v) is 3.43. The van der Waals surface area contributed by atoms with E-state index in [9.17, 15) is 9.90 Å². The van der Waals surface area contributed by atoms with E-state index < -0.39 is 5.97 Å². The van der Waals surface area contributed by atoms with Crippen LogP contribution in [0.1, 0.15) is 27.4 Å². The van der Waals surface area contributed by atoms with Gasteiger partial charge < -0.3 is 9.63 Å². The lowest BCUT2D eigenvalue weighted by atomic mass is 10.0. The van der Waals surface area contributed by atoms with Gasteiger partial charge in [-0.1, -0.05) is 5.16 Å². The largest absolute Gasteiger partial charge is 0.478 e. The number of carbonyl (C=O) groups is 1. The first-order chi connectivity index (χ1) is 9.52. The van der Waals surface area contributed by atoms with E-state index in [4.69, 9.17) is 4.52 Å². The molecule has 0 amide bonds. The van der Waals surface area contributed by atoms with Crippen LogP contribution in [-0.2, 0) is 0 Å². The van der Waals surface area contributed by atoms with Gasteiger partial charge in [-0.25, -0.2) is 9.31 Å². The highest BCUT2D eigenvalue weighted by molar-refractivity contribution is 6.00. The van der Waals surface area contributed by atoms with Crippen LogP contribution in [0.2, 0.25) is 0 Å². The van der Waals surface area contributed by atoms with Gasteiger partial charge in [-0.15, -0.1) is 0 Å². The maximum absolute atomic E-state index is 11.5. The fourth-order valence-corrected chi connectivity index (χ4v) is 2.59. The highest BCUT2D eigenvalue weighted by Gasteiger charge is 2.25. The molecule has 0 aliphatic heterocycles. The molecular weight excluding hydrogens is 258 g/mol. The van der Waals surface area contributed by atoms with Crippen molar-refractivity contribution in [2.45, 2.75) is 20.8 Å². The molecule has 0 fully saturated rings. The van der Waals surface area contributed by atoms with Crippen molar-refractivity contribution in [3.63, 3.8) is 0 Å². The zero-order valence-corrected chi connectivity index (χ0v) is 11.3. The van der Waals surface area contributed by atoms with Gasteiger partial charge in [0.15, 0.2) is 0 Å². The molecule has 3 heterocycles. The van der Waals surface area contributed by atoms with Gasteiger partial charge in [-0.3, -0.25) is 0 Å². The van der Waals surface area contributed by atoms with E-state index in [-0.39, 0.29) is 5.56 Å². The molecule has 0 unspecified atom stereocenters. The summed E-state index contributed by atoms with van der Waals surface area (Å²) in [7, 11) is 0. The van der Waals surface area contributed by atoms with Crippen molar-refractivity contribution >= 4 is 11.5 Å². The number of nitrogens with zero attached hydrogens (tertiary/aromatic N) is 3. The zero-order chi connectivity index (χ0) is 14.4. The predicted octanol–water partition coefficient (Wildman–Crippen LogP) is 2.61. The summed E-state index contributed by atoms with van der Waals surface area (Å²) in [6, 6.07) is 3.46. The van der Waals surface area contributed by atoms with Crippen LogP contribution in [0.25, 0.3) is 16.8 Å². The zero-order valence-electron chi connectivity index (χ0n) is 11.3. The Balaban J connectivity index is 2.49. The SMILES string of the molecule is Cc1noc(C)c1-c1c(C)c(C(=O)O)c2cccnn12. The smallest absolute Gasteiger partial charge is 0.338 e. The van der Waals surface area contributed by atoms with Crippen LogP contribution in [0.15, 0.2) is 22.9 Å². The molecule has 0 saturated heterocycles. The minimum atomic E-state index is -0.967. The number of aromatic nitrogens is 3. The summed E-state index contributed by atoms with van der Waals surface area (Å²) in [5, 5.41) is 17.6. The summed E-state index contributed by atoms with van der Waals surface area (Å²) in [6.07, 6.45) is 1.62. The molecule has 6 nitrogen and oxygen atoms in total. The van der Waals surface area contributed by atoms with E-state index in [0.29, 0.717) is 28.2 Å². The molecule has 0 atom stereocenters. The van der Waals surface area contributed by atoms with Gasteiger partial charge in [-0.2, -0.15) is 5.10 Å². The lowest BCUT2D eigenvalue weighted by molar-refractivity contribution is 0.0698. The van der Waals surface area contributed by atoms with Crippen molar-refractivity contribution in [1.29, 1.82) is 0 Å². The van der Waals surface area contributed by atoms with Gasteiger partial charge >= 0.3 is 5.97 Å². The Morgan fingerprint density at radius 3 is 2.70 bits per heavy atom. The van der Waals surface area contributed by atoms with Crippen molar-refractivity contribution in [2.24, 2.45) is 0 Å². The molecule has 3 aromatic heterocycles. The molecule has 3 rings (SSSR count). The fraction of sp³-hybridized carbons (Fsp3) is 0.214. The topological polar surface area (TPSA) is 80.6 Å². The van der Waals surface area contributed by atoms with Gasteiger partial charge in [0.25, 0.3) is 0 Å². The summed E-state index contributed by atoms with van der Waals surface area (Å²) >= 11 is 0. The monoisotopic (exact) mass is 271 g/mol. The molecular formula is C14H13N3O3. The van der Waals surface area contributed by atoms with Crippen molar-refractivity contribution in [2.75, 3.05) is 0 Å². The number of hydrogen-bond donors (Lipinski definition) is 1. The highest BCUT2D eigenvalue weighted by atomic mass is 16.5. The molecule has 0 radical (unpaired) electrons. The molecule has 0 aliphatic rings. The minimum Gasteiger partial charge on any atom is -0.478 e. The number of fused-ring (bicyclic) bond motifs is 1. The first kappa shape index (κ1) is 12.4. The average molecular weight is 271 g/mol. The molecule has 3 aromatic rings. The second-order valence-corrected chi connectivity index (χ2v) is 4.67. The number of aromatic carboxylic acids is 1. The number of carboxylic acids is 1. The van der Waals surface area contributed by atoms with Gasteiger partial charge in [0, 0.05) is 6.20 Å². The molecule has 102 valence electrons. The molecule has 0 bridgehead atoms. The number of carboxylic acid groups (broad SMARTS) is 1. The van der Waals surface area contributed by atoms with E-state index in [1.165, 1.54) is 0 Å². The number of aryl methyl sites for hydroxylation is 2. The van der Waals surface area contributed by atoms with Crippen molar-refractivity contribution < 1.29 is 14.4 Å². The normalized spacial score (nSPS) is 11.2. The van der Waals surface area contributed by atoms with Crippen molar-refractivity contribution in [1.82, 2.24) is 14.8 Å². The summed E-state index contributed by atoms with van der Waals surface area (Å²) < 4.78 is 6.82. The summed E-state index contributed by atoms with van der Waals surface area (Å²) in [5.41, 5.74) is 3.71. The van der Waals surface area contributed by atoms with Gasteiger partial charge in [0.05, 0.1) is 28.0 Å². The Labute approximate surface area is 114 Å². The van der Waals surface area contributed by atoms with Crippen LogP contribution >= 0.6 is 0 Å². The molecule has 20 heavy (non-hydrogen) atoms. The third-order valence-electron chi connectivity index (χ3n) is 3.43. The van der Waals surface area contributed by atoms with Crippen LogP contribution in [0, 0.1) is 20.8 Å². The Hall–Kier alpha value is -2.63. The van der Waals surface area contributed by atoms with E-state index in [1.54, 1.807) is 36.7 Å². The summed E-state index contributed by atoms with van der Waals surface area (Å²) in [4.78, 5) is 11.5. The fourth-order valence-electron chi connectivity index (χ4n) is 2.59. The molecule has 0 saturated carbocycles. The Kier molecular flexibility index (Phi) is 2.60. The van der Waals surface area contributed by atoms with Crippen molar-refractivity contribution in [3.05, 3.63) is 40.9 Å². The van der Waals surface area contributed by atoms with Gasteiger partial charge in [0.1, 0.15) is 5.76 Å². The average Bonchev–Trinajstić information content (AvgIpc) is 2.87. The quantitative estimate of drug-likeness (QED) is 0.774. The second-order valence-electron chi connectivity index (χ2n) is 4.67. The number of rotatable bonds is 2. The lowest BCUT2D eigenvalue weighted by Crippen LogP contribution is -1.97. The first-order valence-corrected chi connectivity index (χ1v) is 6.15. The van der Waals surface area contributed by atoms with Crippen LogP contribution in [0.5, 0.6) is 0 Å². The second kappa shape index (κ2) is 4.19. The number of hydrogen-bond acceptors (Lipinski definition) is 4. The van der Waals surface area contributed by atoms with Crippen LogP contribution in [0.4, 0.5) is 0 Å². The minimum absolute atomic E-state index is 0.258. The van der Waals surface area contributed by atoms with Gasteiger partial charge in [0.2, 0.25) is 0 Å². The van der Waals surface area contributed by atoms with Crippen LogP contribution < -0.4 is 0 Å². The van der Waals surface area contributed by atoms with E-state index >= 15 is 0 Å². The maximum atomic E-state index is 11.5. The molecule has 0 spiro atoms.